The summed E-state index contributed by atoms with van der Waals surface area (Å²) in [5.74, 6) is 0.958. The maximum atomic E-state index is 11.7. The molecule has 0 saturated carbocycles. The van der Waals surface area contributed by atoms with Gasteiger partial charge in [-0.05, 0) is 32.1 Å². The molecule has 0 saturated heterocycles. The summed E-state index contributed by atoms with van der Waals surface area (Å²) in [5, 5.41) is 6.19. The molecule has 0 spiro atoms. The first-order valence-electron chi connectivity index (χ1n) is 7.37. The van der Waals surface area contributed by atoms with Crippen molar-refractivity contribution < 1.29 is 9.53 Å². The van der Waals surface area contributed by atoms with Crippen LogP contribution in [0.1, 0.15) is 12.0 Å². The monoisotopic (exact) mass is 293 g/mol. The summed E-state index contributed by atoms with van der Waals surface area (Å²) < 4.78 is 5.29. The van der Waals surface area contributed by atoms with E-state index in [1.807, 2.05) is 38.4 Å². The number of amides is 1. The summed E-state index contributed by atoms with van der Waals surface area (Å²) in [6.07, 6.45) is 1.29. The molecule has 1 aromatic rings. The Kier molecular flexibility index (Phi) is 8.47. The fourth-order valence-corrected chi connectivity index (χ4v) is 1.96. The topological polar surface area (TPSA) is 53.6 Å². The molecule has 0 aromatic heterocycles. The van der Waals surface area contributed by atoms with Crippen LogP contribution in [0, 0.1) is 0 Å². The van der Waals surface area contributed by atoms with Crippen LogP contribution >= 0.6 is 0 Å². The Morgan fingerprint density at radius 2 is 1.95 bits per heavy atom. The Morgan fingerprint density at radius 3 is 2.67 bits per heavy atom. The van der Waals surface area contributed by atoms with Crippen molar-refractivity contribution in [2.75, 3.05) is 47.4 Å². The minimum absolute atomic E-state index is 0.0854. The zero-order chi connectivity index (χ0) is 15.5. The predicted octanol–water partition coefficient (Wildman–Crippen LogP) is 0.895. The summed E-state index contributed by atoms with van der Waals surface area (Å²) in [5.41, 5.74) is 1.12. The van der Waals surface area contributed by atoms with Crippen molar-refractivity contribution in [3.8, 4) is 5.75 Å². The van der Waals surface area contributed by atoms with Crippen molar-refractivity contribution in [1.29, 1.82) is 0 Å². The lowest BCUT2D eigenvalue weighted by molar-refractivity contribution is -0.120. The number of benzene rings is 1. The van der Waals surface area contributed by atoms with Crippen LogP contribution in [-0.4, -0.2) is 58.2 Å². The summed E-state index contributed by atoms with van der Waals surface area (Å²) in [7, 11) is 5.73. The average molecular weight is 293 g/mol. The lowest BCUT2D eigenvalue weighted by atomic mass is 10.1. The van der Waals surface area contributed by atoms with Gasteiger partial charge in [0.2, 0.25) is 5.91 Å². The molecule has 0 aliphatic rings. The Bertz CT molecular complexity index is 422. The SMILES string of the molecule is COc1ccccc1CCNC(=O)CCNCCN(C)C. The molecule has 21 heavy (non-hydrogen) atoms. The molecule has 0 radical (unpaired) electrons. The number of ether oxygens (including phenoxy) is 1. The molecule has 2 N–H and O–H groups in total. The number of nitrogens with one attached hydrogen (secondary N) is 2. The molecule has 118 valence electrons. The molecule has 0 aliphatic carbocycles. The van der Waals surface area contributed by atoms with Gasteiger partial charge in [0.25, 0.3) is 0 Å². The fourth-order valence-electron chi connectivity index (χ4n) is 1.96. The van der Waals surface area contributed by atoms with Crippen LogP contribution in [0.4, 0.5) is 0 Å². The highest BCUT2D eigenvalue weighted by atomic mass is 16.5. The number of rotatable bonds is 10. The highest BCUT2D eigenvalue weighted by Crippen LogP contribution is 2.17. The third-order valence-corrected chi connectivity index (χ3v) is 3.17. The van der Waals surface area contributed by atoms with E-state index in [-0.39, 0.29) is 5.91 Å². The fraction of sp³-hybridized carbons (Fsp3) is 0.562. The standard InChI is InChI=1S/C16H27N3O2/c1-19(2)13-12-17-10-9-16(20)18-11-8-14-6-4-5-7-15(14)21-3/h4-7,17H,8-13H2,1-3H3,(H,18,20). The van der Waals surface area contributed by atoms with Gasteiger partial charge < -0.3 is 20.3 Å². The van der Waals surface area contributed by atoms with Crippen LogP contribution in [0.3, 0.4) is 0 Å². The van der Waals surface area contributed by atoms with Gasteiger partial charge in [-0.3, -0.25) is 4.79 Å². The molecule has 0 atom stereocenters. The Balaban J connectivity index is 2.13. The molecule has 1 rings (SSSR count). The van der Waals surface area contributed by atoms with Crippen LogP contribution in [0.15, 0.2) is 24.3 Å². The van der Waals surface area contributed by atoms with Crippen molar-refractivity contribution in [3.63, 3.8) is 0 Å². The van der Waals surface area contributed by atoms with E-state index in [0.717, 1.165) is 30.8 Å². The first-order valence-corrected chi connectivity index (χ1v) is 7.37. The number of likely N-dealkylation sites (N-methyl/N-ethyl adjacent to an activating group) is 1. The molecule has 5 nitrogen and oxygen atoms in total. The van der Waals surface area contributed by atoms with Crippen molar-refractivity contribution in [1.82, 2.24) is 15.5 Å². The maximum absolute atomic E-state index is 11.7. The molecule has 0 unspecified atom stereocenters. The first-order chi connectivity index (χ1) is 10.1. The summed E-state index contributed by atoms with van der Waals surface area (Å²) >= 11 is 0. The minimum atomic E-state index is 0.0854. The van der Waals surface area contributed by atoms with Gasteiger partial charge in [0, 0.05) is 32.6 Å². The van der Waals surface area contributed by atoms with E-state index >= 15 is 0 Å². The van der Waals surface area contributed by atoms with Crippen molar-refractivity contribution in [2.24, 2.45) is 0 Å². The van der Waals surface area contributed by atoms with Crippen LogP contribution in [0.2, 0.25) is 0 Å². The van der Waals surface area contributed by atoms with Crippen LogP contribution in [-0.2, 0) is 11.2 Å². The normalized spacial score (nSPS) is 10.7. The van der Waals surface area contributed by atoms with Gasteiger partial charge in [0.1, 0.15) is 5.75 Å². The second kappa shape index (κ2) is 10.2. The highest BCUT2D eigenvalue weighted by molar-refractivity contribution is 5.76. The largest absolute Gasteiger partial charge is 0.496 e. The van der Waals surface area contributed by atoms with E-state index in [1.54, 1.807) is 7.11 Å². The number of carbonyl (C=O) groups is 1. The van der Waals surface area contributed by atoms with Crippen LogP contribution in [0.25, 0.3) is 0 Å². The van der Waals surface area contributed by atoms with Crippen LogP contribution < -0.4 is 15.4 Å². The van der Waals surface area contributed by atoms with Gasteiger partial charge in [-0.25, -0.2) is 0 Å². The second-order valence-electron chi connectivity index (χ2n) is 5.22. The quantitative estimate of drug-likeness (QED) is 0.629. The Morgan fingerprint density at radius 1 is 1.19 bits per heavy atom. The van der Waals surface area contributed by atoms with Gasteiger partial charge in [-0.2, -0.15) is 0 Å². The van der Waals surface area contributed by atoms with Gasteiger partial charge in [-0.1, -0.05) is 18.2 Å². The second-order valence-corrected chi connectivity index (χ2v) is 5.22. The number of hydrogen-bond acceptors (Lipinski definition) is 4. The molecular formula is C16H27N3O2. The van der Waals surface area contributed by atoms with Crippen molar-refractivity contribution in [3.05, 3.63) is 29.8 Å². The highest BCUT2D eigenvalue weighted by Gasteiger charge is 2.03. The van der Waals surface area contributed by atoms with Gasteiger partial charge >= 0.3 is 0 Å². The van der Waals surface area contributed by atoms with E-state index in [9.17, 15) is 4.79 Å². The summed E-state index contributed by atoms with van der Waals surface area (Å²) in [4.78, 5) is 13.8. The first kappa shape index (κ1) is 17.5. The molecule has 0 aliphatic heterocycles. The number of nitrogens with zero attached hydrogens (tertiary/aromatic N) is 1. The molecule has 0 heterocycles. The van der Waals surface area contributed by atoms with Crippen molar-refractivity contribution in [2.45, 2.75) is 12.8 Å². The molecule has 5 heteroatoms. The smallest absolute Gasteiger partial charge is 0.221 e. The zero-order valence-electron chi connectivity index (χ0n) is 13.3. The molecule has 1 amide bonds. The third kappa shape index (κ3) is 7.68. The molecule has 0 bridgehead atoms. The molecule has 1 aromatic carbocycles. The Hall–Kier alpha value is -1.59. The van der Waals surface area contributed by atoms with E-state index in [2.05, 4.69) is 15.5 Å². The van der Waals surface area contributed by atoms with Crippen molar-refractivity contribution >= 4 is 5.91 Å². The van der Waals surface area contributed by atoms with Gasteiger partial charge in [-0.15, -0.1) is 0 Å². The van der Waals surface area contributed by atoms with E-state index in [1.165, 1.54) is 0 Å². The van der Waals surface area contributed by atoms with E-state index in [0.29, 0.717) is 19.5 Å². The molecule has 0 fully saturated rings. The number of methoxy groups -OCH3 is 1. The number of hydrogen-bond donors (Lipinski definition) is 2. The summed E-state index contributed by atoms with van der Waals surface area (Å²) in [6.45, 7) is 3.24. The molecular weight excluding hydrogens is 266 g/mol. The summed E-state index contributed by atoms with van der Waals surface area (Å²) in [6, 6.07) is 7.88. The van der Waals surface area contributed by atoms with Gasteiger partial charge in [0.15, 0.2) is 0 Å². The lowest BCUT2D eigenvalue weighted by Gasteiger charge is -2.11. The zero-order valence-corrected chi connectivity index (χ0v) is 13.3. The number of para-hydroxylation sites is 1. The van der Waals surface area contributed by atoms with Gasteiger partial charge in [0.05, 0.1) is 7.11 Å². The number of carbonyl (C=O) groups excluding carboxylic acids is 1. The third-order valence-electron chi connectivity index (χ3n) is 3.17. The van der Waals surface area contributed by atoms with E-state index < -0.39 is 0 Å². The van der Waals surface area contributed by atoms with Crippen LogP contribution in [0.5, 0.6) is 5.75 Å². The Labute approximate surface area is 127 Å². The lowest BCUT2D eigenvalue weighted by Crippen LogP contribution is -2.32. The average Bonchev–Trinajstić information content (AvgIpc) is 2.47. The minimum Gasteiger partial charge on any atom is -0.496 e. The maximum Gasteiger partial charge on any atom is 0.221 e. The predicted molar refractivity (Wildman–Crippen MR) is 85.7 cm³/mol. The van der Waals surface area contributed by atoms with E-state index in [4.69, 9.17) is 4.74 Å².